The van der Waals surface area contributed by atoms with Crippen molar-refractivity contribution >= 4 is 11.8 Å². The Hall–Kier alpha value is -3.82. The highest BCUT2D eigenvalue weighted by Gasteiger charge is 2.33. The highest BCUT2D eigenvalue weighted by atomic mass is 19.4. The monoisotopic (exact) mass is 460 g/mol. The first-order valence-corrected chi connectivity index (χ1v) is 10.1. The van der Waals surface area contributed by atoms with Gasteiger partial charge in [0.05, 0.1) is 25.3 Å². The van der Waals surface area contributed by atoms with E-state index in [-0.39, 0.29) is 24.8 Å². The number of benzene rings is 2. The van der Waals surface area contributed by atoms with Crippen LogP contribution in [0.5, 0.6) is 5.75 Å². The first kappa shape index (κ1) is 23.8. The third kappa shape index (κ3) is 6.58. The van der Waals surface area contributed by atoms with E-state index >= 15 is 0 Å². The summed E-state index contributed by atoms with van der Waals surface area (Å²) in [6.07, 6.45) is -3.23. The van der Waals surface area contributed by atoms with Gasteiger partial charge in [-0.25, -0.2) is 4.68 Å². The SMILES string of the molecule is COc1ccc(C(CC(=O)NCc2ccc(-n3ccc(C(F)(F)F)n3)cc2)NC(C)=O)cc1. The minimum Gasteiger partial charge on any atom is -0.497 e. The van der Waals surface area contributed by atoms with Crippen molar-refractivity contribution in [2.75, 3.05) is 7.11 Å². The summed E-state index contributed by atoms with van der Waals surface area (Å²) in [5, 5.41) is 9.09. The fraction of sp³-hybridized carbons (Fsp3) is 0.261. The Morgan fingerprint density at radius 1 is 1.06 bits per heavy atom. The molecule has 0 bridgehead atoms. The van der Waals surface area contributed by atoms with Crippen molar-refractivity contribution in [2.24, 2.45) is 0 Å². The number of ether oxygens (including phenoxy) is 1. The van der Waals surface area contributed by atoms with Gasteiger partial charge in [0.25, 0.3) is 0 Å². The zero-order valence-electron chi connectivity index (χ0n) is 18.0. The van der Waals surface area contributed by atoms with Gasteiger partial charge in [-0.1, -0.05) is 24.3 Å². The highest BCUT2D eigenvalue weighted by Crippen LogP contribution is 2.28. The molecule has 7 nitrogen and oxygen atoms in total. The minimum absolute atomic E-state index is 0.0392. The lowest BCUT2D eigenvalue weighted by atomic mass is 10.0. The highest BCUT2D eigenvalue weighted by molar-refractivity contribution is 5.79. The second-order valence-electron chi connectivity index (χ2n) is 7.32. The maximum Gasteiger partial charge on any atom is 0.435 e. The van der Waals surface area contributed by atoms with E-state index in [2.05, 4.69) is 15.7 Å². The van der Waals surface area contributed by atoms with Crippen molar-refractivity contribution < 1.29 is 27.5 Å². The van der Waals surface area contributed by atoms with Gasteiger partial charge in [0.15, 0.2) is 5.69 Å². The van der Waals surface area contributed by atoms with E-state index in [1.165, 1.54) is 13.1 Å². The number of alkyl halides is 3. The second-order valence-corrected chi connectivity index (χ2v) is 7.32. The molecule has 2 amide bonds. The molecule has 1 aromatic heterocycles. The summed E-state index contributed by atoms with van der Waals surface area (Å²) in [4.78, 5) is 24.1. The molecule has 0 spiro atoms. The molecule has 2 aromatic carbocycles. The number of nitrogens with zero attached hydrogens (tertiary/aromatic N) is 2. The number of methoxy groups -OCH3 is 1. The van der Waals surface area contributed by atoms with Gasteiger partial charge in [-0.15, -0.1) is 0 Å². The van der Waals surface area contributed by atoms with E-state index in [4.69, 9.17) is 4.74 Å². The first-order chi connectivity index (χ1) is 15.7. The summed E-state index contributed by atoms with van der Waals surface area (Å²) in [6.45, 7) is 1.61. The Bertz CT molecular complexity index is 1090. The quantitative estimate of drug-likeness (QED) is 0.536. The molecule has 1 atom stereocenters. The summed E-state index contributed by atoms with van der Waals surface area (Å²) in [5.74, 6) is 0.139. The lowest BCUT2D eigenvalue weighted by Crippen LogP contribution is -2.32. The van der Waals surface area contributed by atoms with Crippen LogP contribution in [0.25, 0.3) is 5.69 Å². The predicted octanol–water partition coefficient (Wildman–Crippen LogP) is 3.78. The van der Waals surface area contributed by atoms with Crippen LogP contribution in [0.4, 0.5) is 13.2 Å². The molecule has 0 aliphatic heterocycles. The van der Waals surface area contributed by atoms with E-state index in [0.29, 0.717) is 11.4 Å². The van der Waals surface area contributed by atoms with Gasteiger partial charge in [-0.3, -0.25) is 9.59 Å². The van der Waals surface area contributed by atoms with Crippen LogP contribution >= 0.6 is 0 Å². The Morgan fingerprint density at radius 3 is 2.27 bits per heavy atom. The second kappa shape index (κ2) is 10.2. The lowest BCUT2D eigenvalue weighted by molar-refractivity contribution is -0.141. The number of hydrogen-bond donors (Lipinski definition) is 2. The van der Waals surface area contributed by atoms with Crippen molar-refractivity contribution in [3.05, 3.63) is 77.6 Å². The number of halogens is 3. The molecule has 0 aliphatic rings. The maximum absolute atomic E-state index is 12.7. The standard InChI is InChI=1S/C23H23F3N4O3/c1-15(31)28-20(17-5-9-19(33-2)10-6-17)13-22(32)27-14-16-3-7-18(8-4-16)30-12-11-21(29-30)23(24,25)26/h3-12,20H,13-14H2,1-2H3,(H,27,32)(H,28,31). The van der Waals surface area contributed by atoms with Crippen molar-refractivity contribution in [3.63, 3.8) is 0 Å². The van der Waals surface area contributed by atoms with Crippen LogP contribution < -0.4 is 15.4 Å². The topological polar surface area (TPSA) is 85.2 Å². The van der Waals surface area contributed by atoms with E-state index in [1.54, 1.807) is 55.6 Å². The first-order valence-electron chi connectivity index (χ1n) is 10.1. The van der Waals surface area contributed by atoms with E-state index in [9.17, 15) is 22.8 Å². The summed E-state index contributed by atoms with van der Waals surface area (Å²) in [7, 11) is 1.55. The molecule has 10 heteroatoms. The molecule has 2 N–H and O–H groups in total. The van der Waals surface area contributed by atoms with Crippen LogP contribution in [0, 0.1) is 0 Å². The van der Waals surface area contributed by atoms with E-state index < -0.39 is 17.9 Å². The average Bonchev–Trinajstić information content (AvgIpc) is 3.28. The average molecular weight is 460 g/mol. The third-order valence-electron chi connectivity index (χ3n) is 4.86. The number of aromatic nitrogens is 2. The third-order valence-corrected chi connectivity index (χ3v) is 4.86. The number of amides is 2. The molecular formula is C23H23F3N4O3. The van der Waals surface area contributed by atoms with Crippen LogP contribution in [0.2, 0.25) is 0 Å². The smallest absolute Gasteiger partial charge is 0.435 e. The fourth-order valence-corrected chi connectivity index (χ4v) is 3.18. The van der Waals surface area contributed by atoms with Crippen molar-refractivity contribution in [2.45, 2.75) is 32.1 Å². The van der Waals surface area contributed by atoms with Crippen molar-refractivity contribution in [1.82, 2.24) is 20.4 Å². The maximum atomic E-state index is 12.7. The largest absolute Gasteiger partial charge is 0.497 e. The molecule has 1 unspecified atom stereocenters. The zero-order chi connectivity index (χ0) is 24.0. The van der Waals surface area contributed by atoms with Gasteiger partial charge in [0, 0.05) is 19.7 Å². The van der Waals surface area contributed by atoms with Crippen molar-refractivity contribution in [3.8, 4) is 11.4 Å². The van der Waals surface area contributed by atoms with Crippen LogP contribution in [-0.2, 0) is 22.3 Å². The molecule has 0 aliphatic carbocycles. The minimum atomic E-state index is -4.50. The number of rotatable bonds is 8. The number of carbonyl (C=O) groups excluding carboxylic acids is 2. The molecule has 1 heterocycles. The number of carbonyl (C=O) groups is 2. The predicted molar refractivity (Wildman–Crippen MR) is 115 cm³/mol. The fourth-order valence-electron chi connectivity index (χ4n) is 3.18. The molecule has 174 valence electrons. The Kier molecular flexibility index (Phi) is 7.37. The van der Waals surface area contributed by atoms with E-state index in [1.807, 2.05) is 0 Å². The van der Waals surface area contributed by atoms with Gasteiger partial charge in [0.2, 0.25) is 11.8 Å². The van der Waals surface area contributed by atoms with Crippen LogP contribution in [0.3, 0.4) is 0 Å². The van der Waals surface area contributed by atoms with Gasteiger partial charge < -0.3 is 15.4 Å². The number of nitrogens with one attached hydrogen (secondary N) is 2. The van der Waals surface area contributed by atoms with Gasteiger partial charge in [0.1, 0.15) is 5.75 Å². The van der Waals surface area contributed by atoms with Crippen molar-refractivity contribution in [1.29, 1.82) is 0 Å². The summed E-state index contributed by atoms with van der Waals surface area (Å²) in [6, 6.07) is 14.1. The van der Waals surface area contributed by atoms with Gasteiger partial charge in [-0.05, 0) is 41.5 Å². The Balaban J connectivity index is 1.59. The van der Waals surface area contributed by atoms with E-state index in [0.717, 1.165) is 21.9 Å². The normalized spacial score (nSPS) is 12.2. The van der Waals surface area contributed by atoms with Gasteiger partial charge >= 0.3 is 6.18 Å². The van der Waals surface area contributed by atoms with Crippen LogP contribution in [0.1, 0.15) is 36.2 Å². The van der Waals surface area contributed by atoms with Gasteiger partial charge in [-0.2, -0.15) is 18.3 Å². The summed E-state index contributed by atoms with van der Waals surface area (Å²) < 4.78 is 44.4. The molecule has 3 aromatic rings. The lowest BCUT2D eigenvalue weighted by Gasteiger charge is -2.18. The summed E-state index contributed by atoms with van der Waals surface area (Å²) in [5.41, 5.74) is 1.02. The molecule has 33 heavy (non-hydrogen) atoms. The molecule has 0 fully saturated rings. The molecule has 0 radical (unpaired) electrons. The summed E-state index contributed by atoms with van der Waals surface area (Å²) >= 11 is 0. The molecule has 0 saturated carbocycles. The van der Waals surface area contributed by atoms with Crippen LogP contribution in [-0.4, -0.2) is 28.7 Å². The molecular weight excluding hydrogens is 437 g/mol. The molecule has 0 saturated heterocycles. The number of hydrogen-bond acceptors (Lipinski definition) is 4. The molecule has 3 rings (SSSR count). The Morgan fingerprint density at radius 2 is 1.73 bits per heavy atom. The zero-order valence-corrected chi connectivity index (χ0v) is 18.0. The van der Waals surface area contributed by atoms with Crippen LogP contribution in [0.15, 0.2) is 60.8 Å². The Labute approximate surface area is 188 Å².